The van der Waals surface area contributed by atoms with Gasteiger partial charge in [-0.15, -0.1) is 0 Å². The molecule has 0 spiro atoms. The average molecular weight is 495 g/mol. The third-order valence-corrected chi connectivity index (χ3v) is 5.36. The van der Waals surface area contributed by atoms with Crippen LogP contribution in [0, 0.1) is 21.4 Å². The molecule has 0 aliphatic heterocycles. The standard InChI is InChI=1S/C26H22N8O3/c27-14-19-6-8-21(9-7-19)25-23(33(18-35)17-20-4-2-1-3-5-20)16-31-26(32-25)29-13-12-28-24-11-10-22(15-30-24)34(36)37/h1-11,15-16,18H,12-13,17H2,(H,28,30)(H,29,31,32). The lowest BCUT2D eigenvalue weighted by Crippen LogP contribution is -2.22. The summed E-state index contributed by atoms with van der Waals surface area (Å²) in [5.41, 5.74) is 3.18. The Morgan fingerprint density at radius 2 is 1.73 bits per heavy atom. The van der Waals surface area contributed by atoms with Crippen molar-refractivity contribution >= 4 is 29.6 Å². The second kappa shape index (κ2) is 11.9. The van der Waals surface area contributed by atoms with E-state index in [0.29, 0.717) is 48.3 Å². The molecule has 1 amide bonds. The molecule has 0 bridgehead atoms. The number of aromatic nitrogens is 3. The van der Waals surface area contributed by atoms with Crippen LogP contribution in [0.25, 0.3) is 11.3 Å². The van der Waals surface area contributed by atoms with E-state index in [1.165, 1.54) is 23.2 Å². The highest BCUT2D eigenvalue weighted by molar-refractivity contribution is 5.85. The molecule has 0 unspecified atom stereocenters. The van der Waals surface area contributed by atoms with Gasteiger partial charge in [-0.2, -0.15) is 5.26 Å². The van der Waals surface area contributed by atoms with Crippen molar-refractivity contribution in [1.82, 2.24) is 15.0 Å². The Bertz CT molecular complexity index is 1400. The number of hydrogen-bond donors (Lipinski definition) is 2. The van der Waals surface area contributed by atoms with Gasteiger partial charge < -0.3 is 15.5 Å². The van der Waals surface area contributed by atoms with Gasteiger partial charge in [0.25, 0.3) is 5.69 Å². The largest absolute Gasteiger partial charge is 0.368 e. The summed E-state index contributed by atoms with van der Waals surface area (Å²) in [6.07, 6.45) is 3.52. The Labute approximate surface area is 212 Å². The summed E-state index contributed by atoms with van der Waals surface area (Å²) < 4.78 is 0. The number of nitrogens with zero attached hydrogens (tertiary/aromatic N) is 6. The molecule has 2 aromatic carbocycles. The highest BCUT2D eigenvalue weighted by atomic mass is 16.6. The van der Waals surface area contributed by atoms with Gasteiger partial charge in [0, 0.05) is 24.7 Å². The van der Waals surface area contributed by atoms with Gasteiger partial charge in [0.1, 0.15) is 12.0 Å². The molecular weight excluding hydrogens is 472 g/mol. The van der Waals surface area contributed by atoms with E-state index < -0.39 is 4.92 Å². The third-order valence-electron chi connectivity index (χ3n) is 5.36. The van der Waals surface area contributed by atoms with Gasteiger partial charge in [-0.05, 0) is 23.8 Å². The van der Waals surface area contributed by atoms with Gasteiger partial charge in [-0.25, -0.2) is 15.0 Å². The summed E-state index contributed by atoms with van der Waals surface area (Å²) in [7, 11) is 0. The van der Waals surface area contributed by atoms with Gasteiger partial charge >= 0.3 is 0 Å². The number of carbonyl (C=O) groups excluding carboxylic acids is 1. The molecule has 2 N–H and O–H groups in total. The van der Waals surface area contributed by atoms with Gasteiger partial charge in [0.15, 0.2) is 0 Å². The van der Waals surface area contributed by atoms with Crippen LogP contribution in [0.2, 0.25) is 0 Å². The average Bonchev–Trinajstić information content (AvgIpc) is 2.95. The molecule has 37 heavy (non-hydrogen) atoms. The van der Waals surface area contributed by atoms with Crippen molar-refractivity contribution in [3.05, 3.63) is 100 Å². The highest BCUT2D eigenvalue weighted by Gasteiger charge is 2.16. The lowest BCUT2D eigenvalue weighted by atomic mass is 10.1. The minimum absolute atomic E-state index is 0.0795. The number of nitrogens with one attached hydrogen (secondary N) is 2. The van der Waals surface area contributed by atoms with Gasteiger partial charge in [-0.1, -0.05) is 42.5 Å². The van der Waals surface area contributed by atoms with Crippen LogP contribution < -0.4 is 15.5 Å². The van der Waals surface area contributed by atoms with E-state index in [1.807, 2.05) is 30.3 Å². The zero-order valence-corrected chi connectivity index (χ0v) is 19.6. The molecule has 4 aromatic rings. The topological polar surface area (TPSA) is 150 Å². The fourth-order valence-electron chi connectivity index (χ4n) is 3.51. The van der Waals surface area contributed by atoms with Crippen LogP contribution in [0.1, 0.15) is 11.1 Å². The first kappa shape index (κ1) is 24.7. The molecule has 0 fully saturated rings. The van der Waals surface area contributed by atoms with Crippen LogP contribution in [-0.4, -0.2) is 39.4 Å². The van der Waals surface area contributed by atoms with Crippen molar-refractivity contribution < 1.29 is 9.72 Å². The van der Waals surface area contributed by atoms with Crippen molar-refractivity contribution in [2.75, 3.05) is 28.6 Å². The van der Waals surface area contributed by atoms with Crippen molar-refractivity contribution in [2.24, 2.45) is 0 Å². The molecule has 0 atom stereocenters. The van der Waals surface area contributed by atoms with E-state index in [2.05, 4.69) is 31.7 Å². The van der Waals surface area contributed by atoms with Gasteiger partial charge in [0.2, 0.25) is 12.4 Å². The van der Waals surface area contributed by atoms with Crippen LogP contribution in [0.3, 0.4) is 0 Å². The Morgan fingerprint density at radius 3 is 2.38 bits per heavy atom. The summed E-state index contributed by atoms with van der Waals surface area (Å²) >= 11 is 0. The summed E-state index contributed by atoms with van der Waals surface area (Å²) in [6, 6.07) is 21.5. The zero-order chi connectivity index (χ0) is 26.0. The quantitative estimate of drug-likeness (QED) is 0.136. The SMILES string of the molecule is N#Cc1ccc(-c2nc(NCCNc3ccc([N+](=O)[O-])cn3)ncc2N(C=O)Cc2ccccc2)cc1. The minimum Gasteiger partial charge on any atom is -0.368 e. The third kappa shape index (κ3) is 6.40. The number of anilines is 3. The smallest absolute Gasteiger partial charge is 0.287 e. The van der Waals surface area contributed by atoms with Gasteiger partial charge in [-0.3, -0.25) is 14.9 Å². The van der Waals surface area contributed by atoms with Crippen molar-refractivity contribution in [3.8, 4) is 17.3 Å². The molecule has 0 aliphatic carbocycles. The Balaban J connectivity index is 1.51. The summed E-state index contributed by atoms with van der Waals surface area (Å²) in [5.74, 6) is 0.858. The summed E-state index contributed by atoms with van der Waals surface area (Å²) in [6.45, 7) is 1.23. The number of carbonyl (C=O) groups is 1. The number of pyridine rings is 1. The molecule has 0 radical (unpaired) electrons. The number of benzene rings is 2. The van der Waals surface area contributed by atoms with Crippen molar-refractivity contribution in [2.45, 2.75) is 6.54 Å². The first-order chi connectivity index (χ1) is 18.1. The molecule has 2 aromatic heterocycles. The predicted molar refractivity (Wildman–Crippen MR) is 139 cm³/mol. The Kier molecular flexibility index (Phi) is 7.93. The number of nitro groups is 1. The predicted octanol–water partition coefficient (Wildman–Crippen LogP) is 4.01. The van der Waals surface area contributed by atoms with E-state index >= 15 is 0 Å². The highest BCUT2D eigenvalue weighted by Crippen LogP contribution is 2.30. The van der Waals surface area contributed by atoms with E-state index in [-0.39, 0.29) is 5.69 Å². The van der Waals surface area contributed by atoms with Crippen LogP contribution in [-0.2, 0) is 11.3 Å². The normalized spacial score (nSPS) is 10.2. The molecule has 184 valence electrons. The van der Waals surface area contributed by atoms with Crippen LogP contribution in [0.5, 0.6) is 0 Å². The molecule has 0 saturated heterocycles. The molecular formula is C26H22N8O3. The van der Waals surface area contributed by atoms with Crippen molar-refractivity contribution in [1.29, 1.82) is 5.26 Å². The number of nitriles is 1. The maximum Gasteiger partial charge on any atom is 0.287 e. The van der Waals surface area contributed by atoms with Crippen LogP contribution in [0.15, 0.2) is 79.1 Å². The maximum atomic E-state index is 12.0. The zero-order valence-electron chi connectivity index (χ0n) is 19.6. The Morgan fingerprint density at radius 1 is 0.973 bits per heavy atom. The van der Waals surface area contributed by atoms with E-state index in [1.54, 1.807) is 30.5 Å². The molecule has 2 heterocycles. The molecule has 11 nitrogen and oxygen atoms in total. The summed E-state index contributed by atoms with van der Waals surface area (Å²) in [4.78, 5) is 36.9. The monoisotopic (exact) mass is 494 g/mol. The Hall–Kier alpha value is -5.37. The number of rotatable bonds is 11. The fourth-order valence-corrected chi connectivity index (χ4v) is 3.51. The van der Waals surface area contributed by atoms with Crippen LogP contribution >= 0.6 is 0 Å². The molecule has 0 aliphatic rings. The first-order valence-electron chi connectivity index (χ1n) is 11.3. The number of hydrogen-bond acceptors (Lipinski definition) is 9. The van der Waals surface area contributed by atoms with Crippen molar-refractivity contribution in [3.63, 3.8) is 0 Å². The van der Waals surface area contributed by atoms with Crippen LogP contribution in [0.4, 0.5) is 23.1 Å². The molecule has 0 saturated carbocycles. The number of amides is 1. The lowest BCUT2D eigenvalue weighted by molar-refractivity contribution is -0.385. The summed E-state index contributed by atoms with van der Waals surface area (Å²) in [5, 5.41) is 26.1. The van der Waals surface area contributed by atoms with E-state index in [9.17, 15) is 14.9 Å². The molecule has 11 heteroatoms. The van der Waals surface area contributed by atoms with E-state index in [4.69, 9.17) is 5.26 Å². The van der Waals surface area contributed by atoms with E-state index in [0.717, 1.165) is 17.5 Å². The molecule has 4 rings (SSSR count). The first-order valence-corrected chi connectivity index (χ1v) is 11.3. The maximum absolute atomic E-state index is 12.0. The van der Waals surface area contributed by atoms with Gasteiger partial charge in [0.05, 0.1) is 40.7 Å². The lowest BCUT2D eigenvalue weighted by Gasteiger charge is -2.21. The second-order valence-electron chi connectivity index (χ2n) is 7.85. The fraction of sp³-hybridized carbons (Fsp3) is 0.115. The second-order valence-corrected chi connectivity index (χ2v) is 7.85. The minimum atomic E-state index is -0.504.